The lowest BCUT2D eigenvalue weighted by Crippen LogP contribution is -2.45. The highest BCUT2D eigenvalue weighted by molar-refractivity contribution is 5.78. The fourth-order valence-electron chi connectivity index (χ4n) is 2.71. The second kappa shape index (κ2) is 7.72. The van der Waals surface area contributed by atoms with E-state index in [2.05, 4.69) is 15.0 Å². The molecule has 0 aliphatic carbocycles. The molecule has 0 aromatic carbocycles. The Bertz CT molecular complexity index is 681. The second-order valence-corrected chi connectivity index (χ2v) is 5.66. The molecule has 24 heavy (non-hydrogen) atoms. The fraction of sp³-hybridized carbons (Fsp3) is 0.412. The van der Waals surface area contributed by atoms with E-state index in [0.29, 0.717) is 24.7 Å². The molecule has 0 N–H and O–H groups in total. The van der Waals surface area contributed by atoms with E-state index < -0.39 is 0 Å². The number of piperidine rings is 1. The minimum Gasteiger partial charge on any atom is -0.480 e. The van der Waals surface area contributed by atoms with Gasteiger partial charge in [-0.1, -0.05) is 6.07 Å². The van der Waals surface area contributed by atoms with Gasteiger partial charge in [0, 0.05) is 18.9 Å². The second-order valence-electron chi connectivity index (χ2n) is 5.66. The Hall–Kier alpha value is -2.70. The Morgan fingerprint density at radius 2 is 2.17 bits per heavy atom. The largest absolute Gasteiger partial charge is 0.480 e. The molecule has 2 aromatic rings. The summed E-state index contributed by atoms with van der Waals surface area (Å²) < 4.78 is 10.9. The van der Waals surface area contributed by atoms with Gasteiger partial charge < -0.3 is 14.4 Å². The van der Waals surface area contributed by atoms with Crippen molar-refractivity contribution < 1.29 is 14.3 Å². The average molecular weight is 328 g/mol. The maximum Gasteiger partial charge on any atom is 0.235 e. The first-order valence-corrected chi connectivity index (χ1v) is 7.94. The summed E-state index contributed by atoms with van der Waals surface area (Å²) in [7, 11) is 1.53. The molecule has 0 spiro atoms. The highest BCUT2D eigenvalue weighted by atomic mass is 16.5. The van der Waals surface area contributed by atoms with Crippen LogP contribution in [0.3, 0.4) is 0 Å². The number of aromatic nitrogens is 3. The molecule has 1 saturated heterocycles. The highest BCUT2D eigenvalue weighted by Crippen LogP contribution is 2.18. The summed E-state index contributed by atoms with van der Waals surface area (Å²) in [6.45, 7) is 1.31. The van der Waals surface area contributed by atoms with Gasteiger partial charge in [0.15, 0.2) is 0 Å². The van der Waals surface area contributed by atoms with E-state index in [4.69, 9.17) is 9.47 Å². The zero-order chi connectivity index (χ0) is 16.8. The van der Waals surface area contributed by atoms with Crippen LogP contribution in [0.15, 0.2) is 36.9 Å². The summed E-state index contributed by atoms with van der Waals surface area (Å²) in [6.07, 6.45) is 8.57. The number of rotatable bonds is 5. The minimum absolute atomic E-state index is 0.0852. The van der Waals surface area contributed by atoms with Gasteiger partial charge in [-0.25, -0.2) is 0 Å². The number of hydrogen-bond acceptors (Lipinski definition) is 6. The van der Waals surface area contributed by atoms with Gasteiger partial charge >= 0.3 is 0 Å². The molecule has 1 aliphatic rings. The molecule has 0 radical (unpaired) electrons. The van der Waals surface area contributed by atoms with Gasteiger partial charge in [0.2, 0.25) is 17.7 Å². The molecule has 1 atom stereocenters. The number of hydrogen-bond donors (Lipinski definition) is 0. The number of carbonyl (C=O) groups is 1. The Labute approximate surface area is 140 Å². The lowest BCUT2D eigenvalue weighted by Gasteiger charge is -2.32. The number of likely N-dealkylation sites (tertiary alicyclic amines) is 1. The molecule has 0 saturated carbocycles. The number of pyridine rings is 1. The number of carbonyl (C=O) groups excluding carboxylic acids is 1. The van der Waals surface area contributed by atoms with E-state index in [-0.39, 0.29) is 12.0 Å². The average Bonchev–Trinajstić information content (AvgIpc) is 2.63. The van der Waals surface area contributed by atoms with Crippen LogP contribution in [-0.4, -0.2) is 52.1 Å². The van der Waals surface area contributed by atoms with Crippen LogP contribution in [0.4, 0.5) is 0 Å². The molecule has 7 heteroatoms. The van der Waals surface area contributed by atoms with Crippen molar-refractivity contribution in [2.75, 3.05) is 20.2 Å². The molecule has 3 heterocycles. The van der Waals surface area contributed by atoms with Crippen molar-refractivity contribution in [3.63, 3.8) is 0 Å². The Kier molecular flexibility index (Phi) is 5.20. The summed E-state index contributed by atoms with van der Waals surface area (Å²) in [4.78, 5) is 26.6. The molecule has 7 nitrogen and oxygen atoms in total. The van der Waals surface area contributed by atoms with Gasteiger partial charge in [0.25, 0.3) is 0 Å². The van der Waals surface area contributed by atoms with Crippen molar-refractivity contribution in [1.29, 1.82) is 0 Å². The molecule has 0 unspecified atom stereocenters. The zero-order valence-corrected chi connectivity index (χ0v) is 13.6. The Morgan fingerprint density at radius 1 is 1.29 bits per heavy atom. The van der Waals surface area contributed by atoms with E-state index in [1.54, 1.807) is 18.6 Å². The van der Waals surface area contributed by atoms with Crippen molar-refractivity contribution in [2.45, 2.75) is 25.4 Å². The van der Waals surface area contributed by atoms with E-state index in [0.717, 1.165) is 24.9 Å². The summed E-state index contributed by atoms with van der Waals surface area (Å²) in [6, 6.07) is 3.75. The normalized spacial score (nSPS) is 17.4. The Morgan fingerprint density at radius 3 is 2.96 bits per heavy atom. The van der Waals surface area contributed by atoms with Gasteiger partial charge in [0.05, 0.1) is 32.5 Å². The number of amides is 1. The van der Waals surface area contributed by atoms with Crippen LogP contribution in [0.5, 0.6) is 11.8 Å². The van der Waals surface area contributed by atoms with Crippen LogP contribution in [0.2, 0.25) is 0 Å². The van der Waals surface area contributed by atoms with E-state index >= 15 is 0 Å². The van der Waals surface area contributed by atoms with Gasteiger partial charge in [-0.3, -0.25) is 14.8 Å². The van der Waals surface area contributed by atoms with Crippen molar-refractivity contribution in [1.82, 2.24) is 19.9 Å². The quantitative estimate of drug-likeness (QED) is 0.827. The first kappa shape index (κ1) is 16.2. The summed E-state index contributed by atoms with van der Waals surface area (Å²) in [5, 5.41) is 0. The molecule has 0 bridgehead atoms. The van der Waals surface area contributed by atoms with E-state index in [1.807, 2.05) is 17.0 Å². The first-order valence-electron chi connectivity index (χ1n) is 7.94. The van der Waals surface area contributed by atoms with Crippen molar-refractivity contribution >= 4 is 5.91 Å². The molecular formula is C17H20N4O3. The molecule has 1 aliphatic heterocycles. The highest BCUT2D eigenvalue weighted by Gasteiger charge is 2.25. The van der Waals surface area contributed by atoms with Crippen LogP contribution >= 0.6 is 0 Å². The predicted octanol–water partition coefficient (Wildman–Crippen LogP) is 1.49. The van der Waals surface area contributed by atoms with E-state index in [9.17, 15) is 4.79 Å². The van der Waals surface area contributed by atoms with Crippen LogP contribution < -0.4 is 9.47 Å². The predicted molar refractivity (Wildman–Crippen MR) is 86.8 cm³/mol. The third-order valence-electron chi connectivity index (χ3n) is 3.90. The summed E-state index contributed by atoms with van der Waals surface area (Å²) in [5.41, 5.74) is 0.921. The maximum absolute atomic E-state index is 12.5. The third-order valence-corrected chi connectivity index (χ3v) is 3.90. The van der Waals surface area contributed by atoms with Crippen LogP contribution in [-0.2, 0) is 11.2 Å². The fourth-order valence-corrected chi connectivity index (χ4v) is 2.71. The third kappa shape index (κ3) is 4.18. The standard InChI is InChI=1S/C17H20N4O3/c1-23-15-10-19-11-16(20-15)24-14-5-3-7-21(12-14)17(22)8-13-4-2-6-18-9-13/h2,4,6,9-11,14H,3,5,7-8,12H2,1H3/t14-/m1/s1. The number of ether oxygens (including phenoxy) is 2. The smallest absolute Gasteiger partial charge is 0.235 e. The van der Waals surface area contributed by atoms with Gasteiger partial charge in [-0.2, -0.15) is 4.98 Å². The summed E-state index contributed by atoms with van der Waals surface area (Å²) >= 11 is 0. The number of methoxy groups -OCH3 is 1. The van der Waals surface area contributed by atoms with Gasteiger partial charge in [0.1, 0.15) is 6.10 Å². The molecular weight excluding hydrogens is 308 g/mol. The number of nitrogens with zero attached hydrogens (tertiary/aromatic N) is 4. The van der Waals surface area contributed by atoms with E-state index in [1.165, 1.54) is 13.3 Å². The lowest BCUT2D eigenvalue weighted by atomic mass is 10.1. The minimum atomic E-state index is -0.0852. The van der Waals surface area contributed by atoms with Crippen LogP contribution in [0.1, 0.15) is 18.4 Å². The first-order chi connectivity index (χ1) is 11.7. The monoisotopic (exact) mass is 328 g/mol. The lowest BCUT2D eigenvalue weighted by molar-refractivity contribution is -0.133. The molecule has 1 fully saturated rings. The van der Waals surface area contributed by atoms with Crippen LogP contribution in [0.25, 0.3) is 0 Å². The van der Waals surface area contributed by atoms with Gasteiger partial charge in [-0.15, -0.1) is 0 Å². The Balaban J connectivity index is 1.58. The van der Waals surface area contributed by atoms with Crippen molar-refractivity contribution in [3.8, 4) is 11.8 Å². The van der Waals surface area contributed by atoms with Gasteiger partial charge in [-0.05, 0) is 24.5 Å². The molecule has 126 valence electrons. The molecule has 3 rings (SSSR count). The molecule has 1 amide bonds. The van der Waals surface area contributed by atoms with Crippen molar-refractivity contribution in [3.05, 3.63) is 42.5 Å². The van der Waals surface area contributed by atoms with Crippen molar-refractivity contribution in [2.24, 2.45) is 0 Å². The summed E-state index contributed by atoms with van der Waals surface area (Å²) in [5.74, 6) is 0.918. The molecule has 2 aromatic heterocycles. The zero-order valence-electron chi connectivity index (χ0n) is 13.6. The topological polar surface area (TPSA) is 77.4 Å². The SMILES string of the molecule is COc1cncc(O[C@@H]2CCCN(C(=O)Cc3cccnc3)C2)n1. The maximum atomic E-state index is 12.5. The van der Waals surface area contributed by atoms with Crippen LogP contribution in [0, 0.1) is 0 Å².